The van der Waals surface area contributed by atoms with E-state index in [4.69, 9.17) is 10.00 Å². The Labute approximate surface area is 190 Å². The molecule has 3 aliphatic rings. The first kappa shape index (κ1) is 21.7. The lowest BCUT2D eigenvalue weighted by Crippen LogP contribution is -2.59. The number of halogens is 1. The van der Waals surface area contributed by atoms with Crippen LogP contribution < -0.4 is 4.90 Å². The molecule has 6 heteroatoms. The van der Waals surface area contributed by atoms with Crippen LogP contribution in [0.25, 0.3) is 0 Å². The number of rotatable bonds is 2. The maximum Gasteiger partial charge on any atom is 0.109 e. The zero-order chi connectivity index (χ0) is 20.6. The fraction of sp³-hybridized carbons (Fsp3) is 0.440. The Morgan fingerprint density at radius 1 is 0.839 bits per heavy atom. The SMILES string of the molecule is Cl.N#Cc1ccc(N2CCN(C3(C#N)CCC4(CC3)OCc3ccccc34)CC2)cc1. The van der Waals surface area contributed by atoms with Gasteiger partial charge in [0.15, 0.2) is 0 Å². The lowest BCUT2D eigenvalue weighted by Gasteiger charge is -2.49. The number of piperazine rings is 1. The summed E-state index contributed by atoms with van der Waals surface area (Å²) in [7, 11) is 0. The third-order valence-electron chi connectivity index (χ3n) is 7.35. The van der Waals surface area contributed by atoms with Gasteiger partial charge in [-0.3, -0.25) is 4.90 Å². The topological polar surface area (TPSA) is 63.3 Å². The van der Waals surface area contributed by atoms with Gasteiger partial charge in [0, 0.05) is 31.9 Å². The van der Waals surface area contributed by atoms with Crippen molar-refractivity contribution in [3.8, 4) is 12.1 Å². The van der Waals surface area contributed by atoms with Gasteiger partial charge in [-0.15, -0.1) is 12.4 Å². The highest BCUT2D eigenvalue weighted by atomic mass is 35.5. The number of nitrogens with zero attached hydrogens (tertiary/aromatic N) is 4. The molecule has 5 nitrogen and oxygen atoms in total. The first-order valence-corrected chi connectivity index (χ1v) is 10.8. The Kier molecular flexibility index (Phi) is 5.95. The minimum absolute atomic E-state index is 0. The fourth-order valence-corrected chi connectivity index (χ4v) is 5.50. The molecule has 2 aromatic carbocycles. The van der Waals surface area contributed by atoms with E-state index in [1.165, 1.54) is 11.1 Å². The van der Waals surface area contributed by atoms with Crippen molar-refractivity contribution < 1.29 is 4.74 Å². The van der Waals surface area contributed by atoms with Crippen LogP contribution in [-0.4, -0.2) is 36.6 Å². The molecule has 1 aliphatic carbocycles. The summed E-state index contributed by atoms with van der Waals surface area (Å²) in [6, 6.07) is 21.2. The molecule has 2 fully saturated rings. The molecule has 0 N–H and O–H groups in total. The molecule has 0 bridgehead atoms. The molecule has 0 amide bonds. The molecule has 0 aromatic heterocycles. The number of anilines is 1. The number of fused-ring (bicyclic) bond motifs is 2. The number of ether oxygens (including phenoxy) is 1. The highest BCUT2D eigenvalue weighted by Crippen LogP contribution is 2.50. The first-order valence-electron chi connectivity index (χ1n) is 10.8. The Morgan fingerprint density at radius 2 is 1.52 bits per heavy atom. The molecule has 31 heavy (non-hydrogen) atoms. The molecule has 2 aromatic rings. The standard InChI is InChI=1S/C25H26N4O.ClH/c26-17-20-5-7-22(8-6-20)28-13-15-29(16-14-28)24(19-27)9-11-25(12-10-24)23-4-2-1-3-21(23)18-30-25;/h1-8H,9-16,18H2;1H. The molecule has 0 atom stereocenters. The average Bonchev–Trinajstić information content (AvgIpc) is 3.18. The summed E-state index contributed by atoms with van der Waals surface area (Å²) in [5.74, 6) is 0. The van der Waals surface area contributed by atoms with Crippen LogP contribution in [0.1, 0.15) is 42.4 Å². The van der Waals surface area contributed by atoms with Crippen molar-refractivity contribution in [3.05, 3.63) is 65.2 Å². The molecular weight excluding hydrogens is 408 g/mol. The van der Waals surface area contributed by atoms with Gasteiger partial charge in [0.05, 0.1) is 29.9 Å². The molecular formula is C25H27ClN4O. The van der Waals surface area contributed by atoms with Crippen LogP contribution >= 0.6 is 12.4 Å². The molecule has 1 spiro atoms. The van der Waals surface area contributed by atoms with Crippen molar-refractivity contribution in [2.75, 3.05) is 31.1 Å². The summed E-state index contributed by atoms with van der Waals surface area (Å²) in [5.41, 5.74) is 3.90. The summed E-state index contributed by atoms with van der Waals surface area (Å²) >= 11 is 0. The number of hydrogen-bond acceptors (Lipinski definition) is 5. The van der Waals surface area contributed by atoms with Crippen molar-refractivity contribution >= 4 is 18.1 Å². The van der Waals surface area contributed by atoms with Crippen molar-refractivity contribution in [1.82, 2.24) is 4.90 Å². The van der Waals surface area contributed by atoms with Crippen LogP contribution in [-0.2, 0) is 16.9 Å². The lowest BCUT2D eigenvalue weighted by molar-refractivity contribution is -0.0882. The van der Waals surface area contributed by atoms with E-state index in [1.807, 2.05) is 24.3 Å². The maximum absolute atomic E-state index is 10.2. The van der Waals surface area contributed by atoms with Crippen molar-refractivity contribution in [1.29, 1.82) is 10.5 Å². The number of nitriles is 2. The number of hydrogen-bond donors (Lipinski definition) is 0. The summed E-state index contributed by atoms with van der Waals surface area (Å²) in [4.78, 5) is 4.75. The largest absolute Gasteiger partial charge is 0.369 e. The highest BCUT2D eigenvalue weighted by Gasteiger charge is 2.50. The third kappa shape index (κ3) is 3.68. The van der Waals surface area contributed by atoms with Crippen molar-refractivity contribution in [2.45, 2.75) is 43.4 Å². The zero-order valence-corrected chi connectivity index (χ0v) is 18.4. The Morgan fingerprint density at radius 3 is 2.16 bits per heavy atom. The summed E-state index contributed by atoms with van der Waals surface area (Å²) < 4.78 is 6.31. The van der Waals surface area contributed by atoms with Crippen LogP contribution in [0.5, 0.6) is 0 Å². The van der Waals surface area contributed by atoms with Gasteiger partial charge < -0.3 is 9.64 Å². The summed E-state index contributed by atoms with van der Waals surface area (Å²) in [6.45, 7) is 4.27. The maximum atomic E-state index is 10.2. The predicted octanol–water partition coefficient (Wildman–Crippen LogP) is 4.36. The first-order chi connectivity index (χ1) is 14.7. The van der Waals surface area contributed by atoms with Crippen LogP contribution in [0.2, 0.25) is 0 Å². The van der Waals surface area contributed by atoms with Crippen LogP contribution in [0.4, 0.5) is 5.69 Å². The molecule has 5 rings (SSSR count). The minimum atomic E-state index is -0.386. The van der Waals surface area contributed by atoms with Crippen LogP contribution in [0.3, 0.4) is 0 Å². The van der Waals surface area contributed by atoms with Gasteiger partial charge in [-0.05, 0) is 61.1 Å². The third-order valence-corrected chi connectivity index (χ3v) is 7.35. The van der Waals surface area contributed by atoms with E-state index in [1.54, 1.807) is 0 Å². The van der Waals surface area contributed by atoms with Crippen LogP contribution in [0.15, 0.2) is 48.5 Å². The van der Waals surface area contributed by atoms with E-state index in [9.17, 15) is 5.26 Å². The molecule has 160 valence electrons. The van der Waals surface area contributed by atoms with Gasteiger partial charge in [-0.25, -0.2) is 0 Å². The minimum Gasteiger partial charge on any atom is -0.369 e. The highest BCUT2D eigenvalue weighted by molar-refractivity contribution is 5.85. The second-order valence-electron chi connectivity index (χ2n) is 8.72. The molecule has 0 radical (unpaired) electrons. The van der Waals surface area contributed by atoms with E-state index in [0.29, 0.717) is 12.2 Å². The molecule has 1 saturated heterocycles. The summed E-state index contributed by atoms with van der Waals surface area (Å²) in [6.07, 6.45) is 3.53. The molecule has 2 heterocycles. The van der Waals surface area contributed by atoms with E-state index < -0.39 is 0 Å². The second kappa shape index (κ2) is 8.52. The van der Waals surface area contributed by atoms with Crippen LogP contribution in [0, 0.1) is 22.7 Å². The second-order valence-corrected chi connectivity index (χ2v) is 8.72. The van der Waals surface area contributed by atoms with Crippen molar-refractivity contribution in [2.24, 2.45) is 0 Å². The Balaban J connectivity index is 0.00000231. The van der Waals surface area contributed by atoms with Gasteiger partial charge in [0.2, 0.25) is 0 Å². The lowest BCUT2D eigenvalue weighted by atomic mass is 9.71. The zero-order valence-electron chi connectivity index (χ0n) is 17.6. The molecule has 0 unspecified atom stereocenters. The van der Waals surface area contributed by atoms with Crippen molar-refractivity contribution in [3.63, 3.8) is 0 Å². The van der Waals surface area contributed by atoms with Gasteiger partial charge in [-0.2, -0.15) is 10.5 Å². The Hall–Kier alpha value is -2.57. The van der Waals surface area contributed by atoms with Gasteiger partial charge in [0.1, 0.15) is 5.54 Å². The van der Waals surface area contributed by atoms with E-state index in [0.717, 1.165) is 57.5 Å². The summed E-state index contributed by atoms with van der Waals surface area (Å²) in [5, 5.41) is 19.2. The normalized spacial score (nSPS) is 27.7. The van der Waals surface area contributed by atoms with Gasteiger partial charge >= 0.3 is 0 Å². The predicted molar refractivity (Wildman–Crippen MR) is 122 cm³/mol. The monoisotopic (exact) mass is 434 g/mol. The average molecular weight is 435 g/mol. The molecule has 2 aliphatic heterocycles. The van der Waals surface area contributed by atoms with Gasteiger partial charge in [0.25, 0.3) is 0 Å². The number of benzene rings is 2. The quantitative estimate of drug-likeness (QED) is 0.702. The van der Waals surface area contributed by atoms with Gasteiger partial charge in [-0.1, -0.05) is 24.3 Å². The van der Waals surface area contributed by atoms with E-state index in [-0.39, 0.29) is 23.5 Å². The fourth-order valence-electron chi connectivity index (χ4n) is 5.50. The van der Waals surface area contributed by atoms with E-state index >= 15 is 0 Å². The smallest absolute Gasteiger partial charge is 0.109 e. The van der Waals surface area contributed by atoms with E-state index in [2.05, 4.69) is 46.2 Å². The Bertz CT molecular complexity index is 1010. The molecule has 1 saturated carbocycles.